The van der Waals surface area contributed by atoms with Crippen LogP contribution in [0, 0.1) is 12.7 Å². The van der Waals surface area contributed by atoms with Crippen molar-refractivity contribution in [2.75, 3.05) is 7.11 Å². The van der Waals surface area contributed by atoms with Crippen molar-refractivity contribution in [3.63, 3.8) is 0 Å². The van der Waals surface area contributed by atoms with Crippen molar-refractivity contribution in [2.24, 2.45) is 0 Å². The zero-order valence-corrected chi connectivity index (χ0v) is 16.1. The van der Waals surface area contributed by atoms with Gasteiger partial charge in [-0.05, 0) is 30.5 Å². The van der Waals surface area contributed by atoms with Crippen LogP contribution in [0.5, 0.6) is 0 Å². The first-order valence-corrected chi connectivity index (χ1v) is 9.33. The van der Waals surface area contributed by atoms with Crippen LogP contribution in [0.3, 0.4) is 0 Å². The molecule has 2 aromatic carbocycles. The third-order valence-corrected chi connectivity index (χ3v) is 4.98. The minimum atomic E-state index is -0.510. The van der Waals surface area contributed by atoms with Gasteiger partial charge in [0, 0.05) is 12.7 Å². The van der Waals surface area contributed by atoms with Crippen LogP contribution in [-0.2, 0) is 32.2 Å². The lowest BCUT2D eigenvalue weighted by atomic mass is 10.1. The maximum absolute atomic E-state index is 13.9. The van der Waals surface area contributed by atoms with Gasteiger partial charge in [0.2, 0.25) is 0 Å². The van der Waals surface area contributed by atoms with Gasteiger partial charge in [-0.3, -0.25) is 0 Å². The minimum Gasteiger partial charge on any atom is -0.368 e. The zero-order valence-electron chi connectivity index (χ0n) is 16.1. The highest BCUT2D eigenvalue weighted by Crippen LogP contribution is 2.30. The van der Waals surface area contributed by atoms with Gasteiger partial charge < -0.3 is 18.9 Å². The van der Waals surface area contributed by atoms with Crippen LogP contribution < -0.4 is 0 Å². The van der Waals surface area contributed by atoms with E-state index in [9.17, 15) is 4.39 Å². The lowest BCUT2D eigenvalue weighted by molar-refractivity contribution is -0.166. The number of ether oxygens (including phenoxy) is 4. The van der Waals surface area contributed by atoms with Crippen LogP contribution in [0.4, 0.5) is 4.39 Å². The number of methoxy groups -OCH3 is 1. The van der Waals surface area contributed by atoms with Crippen molar-refractivity contribution in [1.29, 1.82) is 0 Å². The second-order valence-electron chi connectivity index (χ2n) is 6.76. The quantitative estimate of drug-likeness (QED) is 0.687. The smallest absolute Gasteiger partial charge is 0.186 e. The number of hydrogen-bond acceptors (Lipinski definition) is 4. The van der Waals surface area contributed by atoms with E-state index in [0.29, 0.717) is 12.2 Å². The van der Waals surface area contributed by atoms with Gasteiger partial charge in [0.05, 0.1) is 19.3 Å². The third-order valence-electron chi connectivity index (χ3n) is 4.98. The van der Waals surface area contributed by atoms with Crippen molar-refractivity contribution in [2.45, 2.75) is 58.1 Å². The summed E-state index contributed by atoms with van der Waals surface area (Å²) in [6.45, 7) is 4.69. The summed E-state index contributed by atoms with van der Waals surface area (Å²) in [5.41, 5.74) is 2.80. The van der Waals surface area contributed by atoms with Gasteiger partial charge in [-0.25, -0.2) is 4.39 Å². The van der Waals surface area contributed by atoms with Crippen molar-refractivity contribution < 1.29 is 23.3 Å². The number of halogens is 1. The summed E-state index contributed by atoms with van der Waals surface area (Å²) in [4.78, 5) is 0. The van der Waals surface area contributed by atoms with E-state index in [4.69, 9.17) is 18.9 Å². The average molecular weight is 374 g/mol. The topological polar surface area (TPSA) is 36.9 Å². The summed E-state index contributed by atoms with van der Waals surface area (Å²) in [6.07, 6.45) is -0.630. The first kappa shape index (κ1) is 20.0. The van der Waals surface area contributed by atoms with E-state index in [1.807, 2.05) is 25.1 Å². The number of benzene rings is 2. The summed E-state index contributed by atoms with van der Waals surface area (Å²) in [7, 11) is 1.60. The molecule has 0 saturated carbocycles. The summed E-state index contributed by atoms with van der Waals surface area (Å²) in [5, 5.41) is 0. The fraction of sp³-hybridized carbons (Fsp3) is 0.455. The molecule has 0 aliphatic carbocycles. The second kappa shape index (κ2) is 9.42. The summed E-state index contributed by atoms with van der Waals surface area (Å²) >= 11 is 0. The third kappa shape index (κ3) is 4.74. The molecule has 0 radical (unpaired) electrons. The standard InChI is InChI=1S/C22H27FO4/c1-4-19-20(25-14-17-11-7-8-12-18(17)23)21(22(24-3)27-19)26-13-16-10-6-5-9-15(16)2/h5-12,19-22H,4,13-14H2,1-3H3/t19-,20+,21-,22?/m1/s1. The van der Waals surface area contributed by atoms with Gasteiger partial charge in [-0.15, -0.1) is 0 Å². The van der Waals surface area contributed by atoms with Crippen LogP contribution >= 0.6 is 0 Å². The van der Waals surface area contributed by atoms with E-state index >= 15 is 0 Å². The number of aryl methyl sites for hydroxylation is 1. The largest absolute Gasteiger partial charge is 0.368 e. The van der Waals surface area contributed by atoms with Crippen LogP contribution in [-0.4, -0.2) is 31.7 Å². The maximum Gasteiger partial charge on any atom is 0.186 e. The molecule has 0 N–H and O–H groups in total. The highest BCUT2D eigenvalue weighted by molar-refractivity contribution is 5.24. The molecule has 1 aliphatic heterocycles. The molecule has 0 spiro atoms. The van der Waals surface area contributed by atoms with Crippen LogP contribution in [0.15, 0.2) is 48.5 Å². The van der Waals surface area contributed by atoms with Gasteiger partial charge >= 0.3 is 0 Å². The Morgan fingerprint density at radius 2 is 1.56 bits per heavy atom. The Kier molecular flexibility index (Phi) is 6.96. The molecule has 0 bridgehead atoms. The molecule has 3 rings (SSSR count). The van der Waals surface area contributed by atoms with Crippen LogP contribution in [0.1, 0.15) is 30.0 Å². The highest BCUT2D eigenvalue weighted by atomic mass is 19.1. The molecule has 0 amide bonds. The Morgan fingerprint density at radius 3 is 2.22 bits per heavy atom. The molecule has 146 valence electrons. The Hall–Kier alpha value is -1.79. The Bertz CT molecular complexity index is 674. The van der Waals surface area contributed by atoms with E-state index < -0.39 is 6.29 Å². The Balaban J connectivity index is 1.71. The van der Waals surface area contributed by atoms with Gasteiger partial charge in [0.25, 0.3) is 0 Å². The lowest BCUT2D eigenvalue weighted by Gasteiger charge is -2.24. The molecular formula is C22H27FO4. The van der Waals surface area contributed by atoms with Gasteiger partial charge in [-0.1, -0.05) is 49.4 Å². The van der Waals surface area contributed by atoms with E-state index in [1.165, 1.54) is 11.6 Å². The molecule has 1 unspecified atom stereocenters. The molecule has 1 fully saturated rings. The fourth-order valence-corrected chi connectivity index (χ4v) is 3.35. The van der Waals surface area contributed by atoms with E-state index in [1.54, 1.807) is 25.3 Å². The molecule has 4 nitrogen and oxygen atoms in total. The van der Waals surface area contributed by atoms with Gasteiger partial charge in [0.1, 0.15) is 18.0 Å². The Labute approximate surface area is 160 Å². The summed E-state index contributed by atoms with van der Waals surface area (Å²) in [5.74, 6) is -0.273. The van der Waals surface area contributed by atoms with E-state index in [0.717, 1.165) is 12.0 Å². The molecule has 0 aromatic heterocycles. The predicted octanol–water partition coefficient (Wildman–Crippen LogP) is 4.39. The Morgan fingerprint density at radius 1 is 0.926 bits per heavy atom. The molecule has 1 heterocycles. The van der Waals surface area contributed by atoms with Crippen molar-refractivity contribution in [3.8, 4) is 0 Å². The lowest BCUT2D eigenvalue weighted by Crippen LogP contribution is -2.38. The van der Waals surface area contributed by atoms with Gasteiger partial charge in [0.15, 0.2) is 6.29 Å². The predicted molar refractivity (Wildman–Crippen MR) is 101 cm³/mol. The zero-order chi connectivity index (χ0) is 19.2. The number of rotatable bonds is 8. The van der Waals surface area contributed by atoms with E-state index in [2.05, 4.69) is 13.0 Å². The van der Waals surface area contributed by atoms with Crippen molar-refractivity contribution in [1.82, 2.24) is 0 Å². The van der Waals surface area contributed by atoms with E-state index in [-0.39, 0.29) is 30.7 Å². The SMILES string of the molecule is CC[C@H]1OC(OC)[C@H](OCc2ccccc2C)[C@H]1OCc1ccccc1F. The molecule has 5 heteroatoms. The molecule has 1 saturated heterocycles. The first-order chi connectivity index (χ1) is 13.1. The van der Waals surface area contributed by atoms with Crippen molar-refractivity contribution >= 4 is 0 Å². The monoisotopic (exact) mass is 374 g/mol. The molecule has 2 aromatic rings. The first-order valence-electron chi connectivity index (χ1n) is 9.33. The maximum atomic E-state index is 13.9. The molecule has 27 heavy (non-hydrogen) atoms. The molecule has 4 atom stereocenters. The van der Waals surface area contributed by atoms with Crippen LogP contribution in [0.2, 0.25) is 0 Å². The average Bonchev–Trinajstić information content (AvgIpc) is 3.03. The summed E-state index contributed by atoms with van der Waals surface area (Å²) in [6, 6.07) is 14.7. The highest BCUT2D eigenvalue weighted by Gasteiger charge is 2.45. The summed E-state index contributed by atoms with van der Waals surface area (Å²) < 4.78 is 37.6. The minimum absolute atomic E-state index is 0.163. The molecular weight excluding hydrogens is 347 g/mol. The second-order valence-corrected chi connectivity index (χ2v) is 6.76. The van der Waals surface area contributed by atoms with Gasteiger partial charge in [-0.2, -0.15) is 0 Å². The molecule has 1 aliphatic rings. The normalized spacial score (nSPS) is 25.0. The van der Waals surface area contributed by atoms with Crippen molar-refractivity contribution in [3.05, 3.63) is 71.0 Å². The van der Waals surface area contributed by atoms with Crippen LogP contribution in [0.25, 0.3) is 0 Å². The number of hydrogen-bond donors (Lipinski definition) is 0. The fourth-order valence-electron chi connectivity index (χ4n) is 3.35.